The molecule has 0 saturated heterocycles. The van der Waals surface area contributed by atoms with Crippen LogP contribution in [0.15, 0.2) is 34.2 Å². The van der Waals surface area contributed by atoms with Gasteiger partial charge in [0.15, 0.2) is 5.16 Å². The Morgan fingerprint density at radius 3 is 3.12 bits per heavy atom. The molecule has 2 heterocycles. The van der Waals surface area contributed by atoms with E-state index in [1.165, 1.54) is 0 Å². The summed E-state index contributed by atoms with van der Waals surface area (Å²) in [6.45, 7) is 0.722. The van der Waals surface area contributed by atoms with Gasteiger partial charge in [-0.25, -0.2) is 4.98 Å². The van der Waals surface area contributed by atoms with E-state index in [2.05, 4.69) is 17.6 Å². The molecule has 0 fully saturated rings. The fourth-order valence-corrected chi connectivity index (χ4v) is 3.25. The van der Waals surface area contributed by atoms with E-state index in [-0.39, 0.29) is 5.56 Å². The topological polar surface area (TPSA) is 34.9 Å². The molecule has 0 N–H and O–H groups in total. The maximum atomic E-state index is 12.2. The van der Waals surface area contributed by atoms with Gasteiger partial charge < -0.3 is 0 Å². The van der Waals surface area contributed by atoms with Gasteiger partial charge in [-0.3, -0.25) is 9.36 Å². The van der Waals surface area contributed by atoms with E-state index in [4.69, 9.17) is 0 Å². The van der Waals surface area contributed by atoms with Crippen molar-refractivity contribution in [2.75, 3.05) is 5.75 Å². The Morgan fingerprint density at radius 1 is 1.50 bits per heavy atom. The van der Waals surface area contributed by atoms with E-state index in [0.717, 1.165) is 23.0 Å². The first-order valence-corrected chi connectivity index (χ1v) is 6.58. The van der Waals surface area contributed by atoms with Gasteiger partial charge in [0.1, 0.15) is 0 Å². The van der Waals surface area contributed by atoms with Gasteiger partial charge >= 0.3 is 0 Å². The number of hydrogen-bond donors (Lipinski definition) is 1. The van der Waals surface area contributed by atoms with Crippen LogP contribution in [0.3, 0.4) is 0 Å². The van der Waals surface area contributed by atoms with Crippen LogP contribution < -0.4 is 5.56 Å². The summed E-state index contributed by atoms with van der Waals surface area (Å²) in [7, 11) is 0. The lowest BCUT2D eigenvalue weighted by molar-refractivity contribution is 0.631. The Kier molecular flexibility index (Phi) is 2.44. The highest BCUT2D eigenvalue weighted by Gasteiger charge is 2.24. The molecule has 1 aromatic heterocycles. The van der Waals surface area contributed by atoms with Crippen LogP contribution in [0.2, 0.25) is 0 Å². The number of thiol groups is 1. The first-order valence-electron chi connectivity index (χ1n) is 5.06. The Morgan fingerprint density at radius 2 is 2.31 bits per heavy atom. The predicted molar refractivity (Wildman–Crippen MR) is 69.5 cm³/mol. The van der Waals surface area contributed by atoms with Gasteiger partial charge in [0.05, 0.1) is 10.9 Å². The molecule has 2 aromatic rings. The van der Waals surface area contributed by atoms with Crippen molar-refractivity contribution in [3.63, 3.8) is 0 Å². The van der Waals surface area contributed by atoms with E-state index >= 15 is 0 Å². The molecule has 16 heavy (non-hydrogen) atoms. The summed E-state index contributed by atoms with van der Waals surface area (Å²) >= 11 is 5.91. The van der Waals surface area contributed by atoms with Gasteiger partial charge in [-0.05, 0) is 12.1 Å². The Hall–Kier alpha value is -0.940. The molecule has 5 heteroatoms. The summed E-state index contributed by atoms with van der Waals surface area (Å²) in [5, 5.41) is 1.88. The van der Waals surface area contributed by atoms with Crippen molar-refractivity contribution >= 4 is 35.3 Å². The van der Waals surface area contributed by atoms with Crippen LogP contribution in [0.25, 0.3) is 10.9 Å². The van der Waals surface area contributed by atoms with Crippen LogP contribution >= 0.6 is 24.4 Å². The van der Waals surface area contributed by atoms with Crippen molar-refractivity contribution in [1.29, 1.82) is 0 Å². The first-order chi connectivity index (χ1) is 7.79. The highest BCUT2D eigenvalue weighted by atomic mass is 32.2. The number of nitrogens with zero attached hydrogens (tertiary/aromatic N) is 2. The third-order valence-corrected chi connectivity index (χ3v) is 4.55. The van der Waals surface area contributed by atoms with Crippen LogP contribution in [0.1, 0.15) is 0 Å². The monoisotopic (exact) mass is 250 g/mol. The fourth-order valence-electron chi connectivity index (χ4n) is 1.88. The lowest BCUT2D eigenvalue weighted by Gasteiger charge is -2.03. The standard InChI is InChI=1S/C11H10N2OS2/c14-10-8-3-1-2-4-9(8)12-11-13(10)5-7(6-15)16-11/h1-4,7,15H,5-6H2/t7-/m0/s1. The molecule has 0 spiro atoms. The molecule has 1 aliphatic heterocycles. The third-order valence-electron chi connectivity index (χ3n) is 2.69. The number of hydrogen-bond acceptors (Lipinski definition) is 4. The quantitative estimate of drug-likeness (QED) is 0.619. The minimum Gasteiger partial charge on any atom is -0.286 e. The fraction of sp³-hybridized carbons (Fsp3) is 0.273. The number of benzene rings is 1. The summed E-state index contributed by atoms with van der Waals surface area (Å²) in [5.41, 5.74) is 0.850. The number of aromatic nitrogens is 2. The van der Waals surface area contributed by atoms with Crippen LogP contribution in [0.4, 0.5) is 0 Å². The van der Waals surface area contributed by atoms with Crippen molar-refractivity contribution in [2.45, 2.75) is 17.0 Å². The number of rotatable bonds is 1. The predicted octanol–water partition coefficient (Wildman–Crippen LogP) is 1.80. The first kappa shape index (κ1) is 10.2. The second-order valence-electron chi connectivity index (χ2n) is 3.75. The maximum Gasteiger partial charge on any atom is 0.262 e. The second kappa shape index (κ2) is 3.82. The summed E-state index contributed by atoms with van der Waals surface area (Å²) in [4.78, 5) is 16.7. The lowest BCUT2D eigenvalue weighted by Crippen LogP contribution is -2.22. The smallest absolute Gasteiger partial charge is 0.262 e. The van der Waals surface area contributed by atoms with Crippen LogP contribution in [-0.4, -0.2) is 20.6 Å². The average molecular weight is 250 g/mol. The van der Waals surface area contributed by atoms with Gasteiger partial charge in [-0.15, -0.1) is 0 Å². The van der Waals surface area contributed by atoms with Gasteiger partial charge in [0.25, 0.3) is 5.56 Å². The zero-order valence-electron chi connectivity index (χ0n) is 8.46. The van der Waals surface area contributed by atoms with Crippen molar-refractivity contribution in [2.24, 2.45) is 0 Å². The molecule has 0 saturated carbocycles. The van der Waals surface area contributed by atoms with E-state index in [9.17, 15) is 4.79 Å². The molecule has 1 aliphatic rings. The average Bonchev–Trinajstić information content (AvgIpc) is 2.73. The lowest BCUT2D eigenvalue weighted by atomic mass is 10.2. The summed E-state index contributed by atoms with van der Waals surface area (Å²) < 4.78 is 1.76. The molecule has 0 unspecified atom stereocenters. The van der Waals surface area contributed by atoms with Gasteiger partial charge in [0.2, 0.25) is 0 Å². The normalized spacial score (nSPS) is 18.9. The highest BCUT2D eigenvalue weighted by molar-refractivity contribution is 8.00. The van der Waals surface area contributed by atoms with Crippen molar-refractivity contribution in [1.82, 2.24) is 9.55 Å². The van der Waals surface area contributed by atoms with Crippen molar-refractivity contribution in [3.05, 3.63) is 34.6 Å². The second-order valence-corrected chi connectivity index (χ2v) is 5.38. The summed E-state index contributed by atoms with van der Waals surface area (Å²) in [6.07, 6.45) is 0. The molecular formula is C11H10N2OS2. The van der Waals surface area contributed by atoms with Gasteiger partial charge in [-0.1, -0.05) is 23.9 Å². The highest BCUT2D eigenvalue weighted by Crippen LogP contribution is 2.30. The van der Waals surface area contributed by atoms with Crippen molar-refractivity contribution in [3.8, 4) is 0 Å². The van der Waals surface area contributed by atoms with Crippen LogP contribution in [-0.2, 0) is 6.54 Å². The van der Waals surface area contributed by atoms with E-state index in [1.807, 2.05) is 24.3 Å². The zero-order chi connectivity index (χ0) is 11.1. The van der Waals surface area contributed by atoms with Crippen LogP contribution in [0, 0.1) is 0 Å². The van der Waals surface area contributed by atoms with Crippen LogP contribution in [0.5, 0.6) is 0 Å². The Bertz CT molecular complexity index is 608. The number of thioether (sulfide) groups is 1. The number of para-hydroxylation sites is 1. The molecule has 3 nitrogen and oxygen atoms in total. The molecule has 1 atom stereocenters. The van der Waals surface area contributed by atoms with Gasteiger partial charge in [0, 0.05) is 17.5 Å². The zero-order valence-corrected chi connectivity index (χ0v) is 10.2. The van der Waals surface area contributed by atoms with E-state index in [0.29, 0.717) is 10.6 Å². The largest absolute Gasteiger partial charge is 0.286 e. The Labute approximate surface area is 102 Å². The maximum absolute atomic E-state index is 12.2. The molecule has 0 radical (unpaired) electrons. The molecule has 82 valence electrons. The van der Waals surface area contributed by atoms with E-state index in [1.54, 1.807) is 16.3 Å². The number of fused-ring (bicyclic) bond motifs is 2. The molecule has 0 bridgehead atoms. The third kappa shape index (κ3) is 1.46. The molecule has 0 aliphatic carbocycles. The molecule has 0 amide bonds. The van der Waals surface area contributed by atoms with E-state index < -0.39 is 0 Å². The minimum atomic E-state index is 0.0670. The van der Waals surface area contributed by atoms with Gasteiger partial charge in [-0.2, -0.15) is 12.6 Å². The SMILES string of the molecule is O=c1c2ccccc2nc2n1C[C@@H](CS)S2. The minimum absolute atomic E-state index is 0.0670. The summed E-state index contributed by atoms with van der Waals surface area (Å²) in [5.74, 6) is 0.768. The summed E-state index contributed by atoms with van der Waals surface area (Å²) in [6, 6.07) is 7.49. The Balaban J connectivity index is 2.28. The van der Waals surface area contributed by atoms with Crippen molar-refractivity contribution < 1.29 is 0 Å². The molecule has 1 aromatic carbocycles. The molecular weight excluding hydrogens is 240 g/mol. The molecule has 3 rings (SSSR count).